The highest BCUT2D eigenvalue weighted by atomic mass is 19.3. The number of aromatic nitrogens is 2. The van der Waals surface area contributed by atoms with Crippen LogP contribution in [0.15, 0.2) is 0 Å². The number of fused-ring (bicyclic) bond motifs is 3. The molecule has 1 heterocycles. The number of halogens is 4. The van der Waals surface area contributed by atoms with Gasteiger partial charge < -0.3 is 0 Å². The Hall–Kier alpha value is -1.07. The number of nitrogens with zero attached hydrogens (tertiary/aromatic N) is 2. The molecule has 1 fully saturated rings. The minimum absolute atomic E-state index is 0.117. The van der Waals surface area contributed by atoms with Crippen LogP contribution in [-0.2, 0) is 12.5 Å². The van der Waals surface area contributed by atoms with Gasteiger partial charge in [-0.1, -0.05) is 0 Å². The van der Waals surface area contributed by atoms with Gasteiger partial charge >= 0.3 is 0 Å². The molecule has 0 bridgehead atoms. The second-order valence-corrected chi connectivity index (χ2v) is 4.34. The minimum atomic E-state index is -2.98. The highest BCUT2D eigenvalue weighted by Gasteiger charge is 2.67. The first-order chi connectivity index (χ1) is 7.48. The molecule has 0 unspecified atom stereocenters. The van der Waals surface area contributed by atoms with Crippen LogP contribution < -0.4 is 0 Å². The molecule has 88 valence electrons. The van der Waals surface area contributed by atoms with Crippen LogP contribution in [0.2, 0.25) is 0 Å². The largest absolute Gasteiger partial charge is 0.293 e. The van der Waals surface area contributed by atoms with Gasteiger partial charge in [0.15, 0.2) is 0 Å². The van der Waals surface area contributed by atoms with Crippen LogP contribution in [0.1, 0.15) is 42.6 Å². The minimum Gasteiger partial charge on any atom is -0.263 e. The van der Waals surface area contributed by atoms with Crippen LogP contribution in [0.4, 0.5) is 17.6 Å². The topological polar surface area (TPSA) is 17.8 Å². The van der Waals surface area contributed by atoms with Crippen molar-refractivity contribution in [1.82, 2.24) is 9.78 Å². The fourth-order valence-electron chi connectivity index (χ4n) is 2.69. The van der Waals surface area contributed by atoms with E-state index in [1.54, 1.807) is 6.92 Å². The Balaban J connectivity index is 2.22. The van der Waals surface area contributed by atoms with Gasteiger partial charge in [-0.25, -0.2) is 8.78 Å². The van der Waals surface area contributed by atoms with Crippen LogP contribution in [0, 0.1) is 5.92 Å². The molecule has 2 aliphatic carbocycles. The zero-order valence-electron chi connectivity index (χ0n) is 8.55. The summed E-state index contributed by atoms with van der Waals surface area (Å²) in [6.07, 6.45) is -2.45. The Morgan fingerprint density at radius 3 is 2.75 bits per heavy atom. The van der Waals surface area contributed by atoms with Crippen molar-refractivity contribution in [1.29, 1.82) is 0 Å². The standard InChI is InChI=1S/C10H10F4N2/c1-2-16-8-6(7(15-16)9(11)12)4-3-5(4)10(8,13)14/h4-5,9H,2-3H2,1H3/t4-,5+/m0/s1. The van der Waals surface area contributed by atoms with E-state index < -0.39 is 29.9 Å². The molecule has 1 aromatic rings. The van der Waals surface area contributed by atoms with Crippen LogP contribution in [0.5, 0.6) is 0 Å². The van der Waals surface area contributed by atoms with Crippen LogP contribution in [0.25, 0.3) is 0 Å². The van der Waals surface area contributed by atoms with Gasteiger partial charge in [-0.15, -0.1) is 0 Å². The number of hydrogen-bond acceptors (Lipinski definition) is 1. The average molecular weight is 234 g/mol. The Kier molecular flexibility index (Phi) is 1.76. The van der Waals surface area contributed by atoms with Gasteiger partial charge in [-0.2, -0.15) is 13.9 Å². The molecule has 0 spiro atoms. The van der Waals surface area contributed by atoms with Crippen LogP contribution in [0.3, 0.4) is 0 Å². The molecule has 2 aliphatic rings. The van der Waals surface area contributed by atoms with Crippen molar-refractivity contribution >= 4 is 0 Å². The normalized spacial score (nSPS) is 29.4. The molecular weight excluding hydrogens is 224 g/mol. The SMILES string of the molecule is CCn1nc(C(F)F)c2c1C(F)(F)[C@@H]1C[C@H]21. The van der Waals surface area contributed by atoms with E-state index in [-0.39, 0.29) is 17.8 Å². The predicted molar refractivity (Wildman–Crippen MR) is 47.6 cm³/mol. The van der Waals surface area contributed by atoms with E-state index in [9.17, 15) is 17.6 Å². The molecule has 3 rings (SSSR count). The van der Waals surface area contributed by atoms with Crippen molar-refractivity contribution in [2.24, 2.45) is 5.92 Å². The first-order valence-electron chi connectivity index (χ1n) is 5.25. The average Bonchev–Trinajstić information content (AvgIpc) is 2.85. The molecule has 2 atom stereocenters. The van der Waals surface area contributed by atoms with Crippen molar-refractivity contribution in [2.75, 3.05) is 0 Å². The Bertz CT molecular complexity index is 452. The zero-order chi connectivity index (χ0) is 11.7. The second-order valence-electron chi connectivity index (χ2n) is 4.34. The highest BCUT2D eigenvalue weighted by Crippen LogP contribution is 2.68. The Morgan fingerprint density at radius 2 is 2.19 bits per heavy atom. The zero-order valence-corrected chi connectivity index (χ0v) is 8.55. The summed E-state index contributed by atoms with van der Waals surface area (Å²) in [7, 11) is 0. The fraction of sp³-hybridized carbons (Fsp3) is 0.700. The lowest BCUT2D eigenvalue weighted by atomic mass is 10.1. The quantitative estimate of drug-likeness (QED) is 0.719. The van der Waals surface area contributed by atoms with Crippen molar-refractivity contribution in [3.05, 3.63) is 17.0 Å². The first kappa shape index (κ1) is 10.1. The third kappa shape index (κ3) is 0.999. The van der Waals surface area contributed by atoms with E-state index in [1.807, 2.05) is 0 Å². The van der Waals surface area contributed by atoms with Crippen molar-refractivity contribution < 1.29 is 17.6 Å². The highest BCUT2D eigenvalue weighted by molar-refractivity contribution is 5.46. The van der Waals surface area contributed by atoms with Gasteiger partial charge in [0.25, 0.3) is 12.3 Å². The van der Waals surface area contributed by atoms with Gasteiger partial charge in [0.05, 0.1) is 0 Å². The summed E-state index contributed by atoms with van der Waals surface area (Å²) in [5.74, 6) is -4.14. The van der Waals surface area contributed by atoms with E-state index in [0.29, 0.717) is 6.42 Å². The van der Waals surface area contributed by atoms with Crippen molar-refractivity contribution in [3.8, 4) is 0 Å². The molecule has 1 aromatic heterocycles. The molecule has 0 radical (unpaired) electrons. The summed E-state index contributed by atoms with van der Waals surface area (Å²) in [6.45, 7) is 1.83. The predicted octanol–water partition coefficient (Wildman–Crippen LogP) is 3.05. The van der Waals surface area contributed by atoms with E-state index >= 15 is 0 Å². The number of alkyl halides is 4. The van der Waals surface area contributed by atoms with E-state index in [2.05, 4.69) is 5.10 Å². The molecular formula is C10H10F4N2. The van der Waals surface area contributed by atoms with Gasteiger partial charge in [0.1, 0.15) is 11.4 Å². The third-order valence-electron chi connectivity index (χ3n) is 3.47. The lowest BCUT2D eigenvalue weighted by Gasteiger charge is -2.14. The summed E-state index contributed by atoms with van der Waals surface area (Å²) in [5, 5.41) is 3.61. The first-order valence-corrected chi connectivity index (χ1v) is 5.25. The smallest absolute Gasteiger partial charge is 0.263 e. The fourth-order valence-corrected chi connectivity index (χ4v) is 2.69. The summed E-state index contributed by atoms with van der Waals surface area (Å²) >= 11 is 0. The maximum atomic E-state index is 13.8. The third-order valence-corrected chi connectivity index (χ3v) is 3.47. The van der Waals surface area contributed by atoms with Crippen molar-refractivity contribution in [3.63, 3.8) is 0 Å². The molecule has 0 N–H and O–H groups in total. The summed E-state index contributed by atoms with van der Waals surface area (Å²) in [4.78, 5) is 0. The van der Waals surface area contributed by atoms with Gasteiger partial charge in [-0.3, -0.25) is 4.68 Å². The van der Waals surface area contributed by atoms with E-state index in [0.717, 1.165) is 4.68 Å². The number of aryl methyl sites for hydroxylation is 1. The molecule has 1 saturated carbocycles. The molecule has 0 saturated heterocycles. The van der Waals surface area contributed by atoms with E-state index in [4.69, 9.17) is 0 Å². The van der Waals surface area contributed by atoms with Gasteiger partial charge in [0, 0.05) is 18.0 Å². The Morgan fingerprint density at radius 1 is 1.50 bits per heavy atom. The van der Waals surface area contributed by atoms with E-state index in [1.165, 1.54) is 0 Å². The molecule has 0 aliphatic heterocycles. The number of hydrogen-bond donors (Lipinski definition) is 0. The van der Waals surface area contributed by atoms with Crippen LogP contribution in [-0.4, -0.2) is 9.78 Å². The van der Waals surface area contributed by atoms with Crippen LogP contribution >= 0.6 is 0 Å². The maximum absolute atomic E-state index is 13.8. The molecule has 6 heteroatoms. The van der Waals surface area contributed by atoms with Gasteiger partial charge in [-0.05, 0) is 19.3 Å². The monoisotopic (exact) mass is 234 g/mol. The second kappa shape index (κ2) is 2.78. The van der Waals surface area contributed by atoms with Gasteiger partial charge in [0.2, 0.25) is 0 Å². The summed E-state index contributed by atoms with van der Waals surface area (Å²) in [6, 6.07) is 0. The lowest BCUT2D eigenvalue weighted by Crippen LogP contribution is -2.19. The molecule has 2 nitrogen and oxygen atoms in total. The lowest BCUT2D eigenvalue weighted by molar-refractivity contribution is -0.0309. The summed E-state index contributed by atoms with van der Waals surface area (Å²) in [5.41, 5.74) is -0.597. The maximum Gasteiger partial charge on any atom is 0.293 e. The van der Waals surface area contributed by atoms with Crippen molar-refractivity contribution in [2.45, 2.75) is 38.2 Å². The molecule has 0 amide bonds. The molecule has 0 aromatic carbocycles. The number of rotatable bonds is 2. The summed E-state index contributed by atoms with van der Waals surface area (Å²) < 4.78 is 54.0. The Labute approximate surface area is 89.2 Å². The molecule has 16 heavy (non-hydrogen) atoms.